The second-order valence-electron chi connectivity index (χ2n) is 7.52. The number of amides is 4. The van der Waals surface area contributed by atoms with Gasteiger partial charge in [0.1, 0.15) is 6.04 Å². The van der Waals surface area contributed by atoms with Crippen molar-refractivity contribution in [3.8, 4) is 0 Å². The van der Waals surface area contributed by atoms with Gasteiger partial charge in [-0.3, -0.25) is 14.5 Å². The van der Waals surface area contributed by atoms with Crippen molar-refractivity contribution in [2.24, 2.45) is 5.73 Å². The fourth-order valence-electron chi connectivity index (χ4n) is 3.62. The Bertz CT molecular complexity index is 764. The van der Waals surface area contributed by atoms with Crippen molar-refractivity contribution in [1.29, 1.82) is 0 Å². The van der Waals surface area contributed by atoms with Gasteiger partial charge in [0.05, 0.1) is 0 Å². The molecule has 0 aromatic heterocycles. The Hall–Kier alpha value is -2.61. The lowest BCUT2D eigenvalue weighted by Crippen LogP contribution is -2.47. The molecule has 27 heavy (non-hydrogen) atoms. The Balaban J connectivity index is 1.86. The lowest BCUT2D eigenvalue weighted by molar-refractivity contribution is -0.125. The van der Waals surface area contributed by atoms with Gasteiger partial charge >= 0.3 is 6.03 Å². The zero-order valence-electron chi connectivity index (χ0n) is 16.0. The average Bonchev–Trinajstić information content (AvgIpc) is 3.20. The van der Waals surface area contributed by atoms with Gasteiger partial charge < -0.3 is 21.3 Å². The van der Waals surface area contributed by atoms with Crippen LogP contribution in [0.4, 0.5) is 10.5 Å². The number of carbonyl (C=O) groups is 3. The number of hydrogen-bond acceptors (Lipinski definition) is 4. The maximum atomic E-state index is 13.1. The number of urea groups is 1. The van der Waals surface area contributed by atoms with Gasteiger partial charge in [0, 0.05) is 43.0 Å². The van der Waals surface area contributed by atoms with Crippen LogP contribution in [0.5, 0.6) is 0 Å². The molecule has 1 aromatic carbocycles. The van der Waals surface area contributed by atoms with E-state index in [1.807, 2.05) is 26.8 Å². The van der Waals surface area contributed by atoms with Gasteiger partial charge in [0.2, 0.25) is 5.91 Å². The molecule has 146 valence electrons. The van der Waals surface area contributed by atoms with Gasteiger partial charge in [0.25, 0.3) is 5.91 Å². The first-order chi connectivity index (χ1) is 12.8. The van der Waals surface area contributed by atoms with E-state index >= 15 is 0 Å². The number of hydrogen-bond donors (Lipinski definition) is 3. The second kappa shape index (κ2) is 7.56. The van der Waals surface area contributed by atoms with E-state index in [9.17, 15) is 14.4 Å². The molecule has 2 heterocycles. The third-order valence-electron chi connectivity index (χ3n) is 4.93. The Kier molecular flexibility index (Phi) is 5.36. The minimum atomic E-state index is -0.574. The van der Waals surface area contributed by atoms with Crippen LogP contribution in [-0.2, 0) is 4.79 Å². The molecule has 0 aliphatic carbocycles. The minimum Gasteiger partial charge on any atom is -0.352 e. The maximum absolute atomic E-state index is 13.1. The van der Waals surface area contributed by atoms with Crippen LogP contribution in [-0.4, -0.2) is 60.5 Å². The molecule has 0 unspecified atom stereocenters. The van der Waals surface area contributed by atoms with Gasteiger partial charge in [0.15, 0.2) is 0 Å². The second-order valence-corrected chi connectivity index (χ2v) is 7.52. The molecule has 0 saturated carbocycles. The predicted octanol–water partition coefficient (Wildman–Crippen LogP) is 0.591. The van der Waals surface area contributed by atoms with E-state index in [4.69, 9.17) is 5.73 Å². The summed E-state index contributed by atoms with van der Waals surface area (Å²) in [6, 6.07) is 4.31. The summed E-state index contributed by atoms with van der Waals surface area (Å²) in [4.78, 5) is 40.8. The molecule has 0 radical (unpaired) electrons. The summed E-state index contributed by atoms with van der Waals surface area (Å²) in [5, 5.41) is 5.63. The van der Waals surface area contributed by atoms with Crippen LogP contribution >= 0.6 is 0 Å². The summed E-state index contributed by atoms with van der Waals surface area (Å²) < 4.78 is 0. The molecule has 2 aliphatic rings. The highest BCUT2D eigenvalue weighted by atomic mass is 16.2. The number of nitrogens with two attached hydrogens (primary N) is 1. The maximum Gasteiger partial charge on any atom is 0.322 e. The number of likely N-dealkylation sites (tertiary alicyclic amines) is 1. The largest absolute Gasteiger partial charge is 0.352 e. The first-order valence-electron chi connectivity index (χ1n) is 9.31. The molecule has 2 fully saturated rings. The highest BCUT2D eigenvalue weighted by Crippen LogP contribution is 2.26. The van der Waals surface area contributed by atoms with Gasteiger partial charge in [-0.05, 0) is 44.9 Å². The molecular formula is C19H27N5O3. The Labute approximate surface area is 159 Å². The summed E-state index contributed by atoms with van der Waals surface area (Å²) in [7, 11) is 0. The summed E-state index contributed by atoms with van der Waals surface area (Å²) in [6.45, 7) is 7.14. The smallest absolute Gasteiger partial charge is 0.322 e. The van der Waals surface area contributed by atoms with Gasteiger partial charge in [-0.25, -0.2) is 4.79 Å². The van der Waals surface area contributed by atoms with E-state index in [0.717, 1.165) is 5.56 Å². The van der Waals surface area contributed by atoms with Crippen molar-refractivity contribution in [3.63, 3.8) is 0 Å². The van der Waals surface area contributed by atoms with Crippen LogP contribution in [0.2, 0.25) is 0 Å². The van der Waals surface area contributed by atoms with Gasteiger partial charge in [-0.15, -0.1) is 0 Å². The fourth-order valence-corrected chi connectivity index (χ4v) is 3.62. The predicted molar refractivity (Wildman–Crippen MR) is 103 cm³/mol. The number of nitrogens with zero attached hydrogens (tertiary/aromatic N) is 2. The van der Waals surface area contributed by atoms with Crippen LogP contribution in [0.15, 0.2) is 18.2 Å². The molecule has 2 atom stereocenters. The van der Waals surface area contributed by atoms with Crippen molar-refractivity contribution in [2.75, 3.05) is 24.5 Å². The molecule has 4 amide bonds. The van der Waals surface area contributed by atoms with Gasteiger partial charge in [-0.2, -0.15) is 0 Å². The van der Waals surface area contributed by atoms with Crippen LogP contribution in [0, 0.1) is 6.92 Å². The molecular weight excluding hydrogens is 346 g/mol. The third-order valence-corrected chi connectivity index (χ3v) is 4.93. The lowest BCUT2D eigenvalue weighted by atomic mass is 10.1. The van der Waals surface area contributed by atoms with Crippen molar-refractivity contribution >= 4 is 23.5 Å². The quantitative estimate of drug-likeness (QED) is 0.718. The van der Waals surface area contributed by atoms with E-state index in [0.29, 0.717) is 37.3 Å². The first kappa shape index (κ1) is 19.2. The molecule has 2 aliphatic heterocycles. The summed E-state index contributed by atoms with van der Waals surface area (Å²) >= 11 is 0. The van der Waals surface area contributed by atoms with Crippen molar-refractivity contribution in [1.82, 2.24) is 15.5 Å². The van der Waals surface area contributed by atoms with Crippen molar-refractivity contribution < 1.29 is 14.4 Å². The van der Waals surface area contributed by atoms with E-state index in [-0.39, 0.29) is 29.9 Å². The Morgan fingerprint density at radius 3 is 2.70 bits per heavy atom. The van der Waals surface area contributed by atoms with Crippen LogP contribution in [0.1, 0.15) is 36.2 Å². The summed E-state index contributed by atoms with van der Waals surface area (Å²) in [5.41, 5.74) is 8.11. The zero-order valence-corrected chi connectivity index (χ0v) is 16.0. The Morgan fingerprint density at radius 2 is 2.07 bits per heavy atom. The summed E-state index contributed by atoms with van der Waals surface area (Å²) in [5.74, 6) is -0.426. The number of aryl methyl sites for hydroxylation is 1. The van der Waals surface area contributed by atoms with E-state index < -0.39 is 6.04 Å². The fraction of sp³-hybridized carbons (Fsp3) is 0.526. The lowest BCUT2D eigenvalue weighted by Gasteiger charge is -2.25. The molecule has 8 heteroatoms. The van der Waals surface area contributed by atoms with Crippen LogP contribution in [0.3, 0.4) is 0 Å². The zero-order chi connectivity index (χ0) is 19.7. The topological polar surface area (TPSA) is 108 Å². The monoisotopic (exact) mass is 373 g/mol. The molecule has 2 saturated heterocycles. The number of rotatable bonds is 4. The van der Waals surface area contributed by atoms with Crippen LogP contribution in [0.25, 0.3) is 0 Å². The van der Waals surface area contributed by atoms with E-state index in [1.165, 1.54) is 0 Å². The molecule has 4 N–H and O–H groups in total. The minimum absolute atomic E-state index is 0.00840. The molecule has 1 aromatic rings. The highest BCUT2D eigenvalue weighted by Gasteiger charge is 2.39. The standard InChI is InChI=1S/C19H27N5O3/c1-11(2)22-17(25)16-9-14(20)10-24(16)18(26)13-5-4-12(3)15(8-13)23-7-6-21-19(23)27/h4-5,8,11,14,16H,6-7,9-10,20H2,1-3H3,(H,21,27)(H,22,25)/t14-,16+/m1/s1. The number of anilines is 1. The normalized spacial score (nSPS) is 22.3. The Morgan fingerprint density at radius 1 is 1.33 bits per heavy atom. The molecule has 8 nitrogen and oxygen atoms in total. The highest BCUT2D eigenvalue weighted by molar-refractivity contribution is 6.01. The van der Waals surface area contributed by atoms with Gasteiger partial charge in [-0.1, -0.05) is 6.07 Å². The molecule has 0 spiro atoms. The number of nitrogens with one attached hydrogen (secondary N) is 2. The first-order valence-corrected chi connectivity index (χ1v) is 9.31. The van der Waals surface area contributed by atoms with Crippen molar-refractivity contribution in [3.05, 3.63) is 29.3 Å². The summed E-state index contributed by atoms with van der Waals surface area (Å²) in [6.07, 6.45) is 0.442. The molecule has 3 rings (SSSR count). The van der Waals surface area contributed by atoms with Crippen molar-refractivity contribution in [2.45, 2.75) is 45.3 Å². The van der Waals surface area contributed by atoms with E-state index in [1.54, 1.807) is 21.9 Å². The van der Waals surface area contributed by atoms with E-state index in [2.05, 4.69) is 10.6 Å². The molecule has 0 bridgehead atoms. The third kappa shape index (κ3) is 3.90. The number of carbonyl (C=O) groups excluding carboxylic acids is 3. The average molecular weight is 373 g/mol. The number of benzene rings is 1. The van der Waals surface area contributed by atoms with Crippen LogP contribution < -0.4 is 21.3 Å². The SMILES string of the molecule is Cc1ccc(C(=O)N2C[C@H](N)C[C@H]2C(=O)NC(C)C)cc1N1CCNC1=O.